The summed E-state index contributed by atoms with van der Waals surface area (Å²) in [5, 5.41) is 6.13. The number of carbonyl (C=O) groups excluding carboxylic acids is 1. The lowest BCUT2D eigenvalue weighted by molar-refractivity contribution is -0.122. The van der Waals surface area contributed by atoms with Gasteiger partial charge in [-0.05, 0) is 37.3 Å². The first-order chi connectivity index (χ1) is 9.47. The maximum Gasteiger partial charge on any atom is 0.236 e. The minimum absolute atomic E-state index is 0.0429. The van der Waals surface area contributed by atoms with Crippen molar-refractivity contribution in [2.45, 2.75) is 52.6 Å². The zero-order valence-electron chi connectivity index (χ0n) is 12.9. The third kappa shape index (κ3) is 4.10. The minimum atomic E-state index is -0.206. The molecule has 1 amide bonds. The third-order valence-electron chi connectivity index (χ3n) is 3.82. The summed E-state index contributed by atoms with van der Waals surface area (Å²) in [6.45, 7) is 9.60. The molecule has 1 aromatic heterocycles. The normalized spacial score (nSPS) is 22.9. The second-order valence-electron chi connectivity index (χ2n) is 6.37. The minimum Gasteiger partial charge on any atom is -0.464 e. The van der Waals surface area contributed by atoms with Crippen LogP contribution in [0, 0.1) is 11.8 Å². The van der Waals surface area contributed by atoms with Gasteiger partial charge in [0.2, 0.25) is 5.91 Å². The van der Waals surface area contributed by atoms with Gasteiger partial charge in [0.25, 0.3) is 0 Å². The largest absolute Gasteiger partial charge is 0.464 e. The van der Waals surface area contributed by atoms with E-state index in [9.17, 15) is 4.79 Å². The Balaban J connectivity index is 1.74. The Hall–Kier alpha value is -1.29. The first-order valence-corrected chi connectivity index (χ1v) is 7.57. The number of furan rings is 1. The van der Waals surface area contributed by atoms with Crippen LogP contribution >= 0.6 is 0 Å². The van der Waals surface area contributed by atoms with Gasteiger partial charge in [-0.3, -0.25) is 10.1 Å². The van der Waals surface area contributed by atoms with E-state index in [-0.39, 0.29) is 11.9 Å². The molecule has 4 heteroatoms. The highest BCUT2D eigenvalue weighted by molar-refractivity contribution is 5.81. The average Bonchev–Trinajstić information content (AvgIpc) is 2.95. The molecule has 3 unspecified atom stereocenters. The van der Waals surface area contributed by atoms with Crippen molar-refractivity contribution in [1.82, 2.24) is 10.6 Å². The maximum absolute atomic E-state index is 11.8. The summed E-state index contributed by atoms with van der Waals surface area (Å²) in [4.78, 5) is 11.8. The Morgan fingerprint density at radius 3 is 2.70 bits per heavy atom. The van der Waals surface area contributed by atoms with E-state index < -0.39 is 0 Å². The second kappa shape index (κ2) is 6.44. The number of nitrogens with one attached hydrogen (secondary N) is 2. The molecule has 2 N–H and O–H groups in total. The van der Waals surface area contributed by atoms with Crippen molar-refractivity contribution in [2.75, 3.05) is 6.54 Å². The number of hydrogen-bond acceptors (Lipinski definition) is 3. The fourth-order valence-corrected chi connectivity index (χ4v) is 2.21. The molecular weight excluding hydrogens is 252 g/mol. The van der Waals surface area contributed by atoms with Crippen molar-refractivity contribution in [3.05, 3.63) is 23.7 Å². The first kappa shape index (κ1) is 15.1. The van der Waals surface area contributed by atoms with Crippen molar-refractivity contribution in [3.8, 4) is 0 Å². The Bertz CT molecular complexity index is 453. The van der Waals surface area contributed by atoms with Crippen LogP contribution in [-0.2, 0) is 11.3 Å². The molecule has 1 saturated carbocycles. The van der Waals surface area contributed by atoms with Gasteiger partial charge in [0.15, 0.2) is 0 Å². The van der Waals surface area contributed by atoms with Crippen LogP contribution in [0.15, 0.2) is 16.5 Å². The summed E-state index contributed by atoms with van der Waals surface area (Å²) in [6, 6.07) is 3.86. The van der Waals surface area contributed by atoms with Crippen molar-refractivity contribution >= 4 is 5.91 Å². The highest BCUT2D eigenvalue weighted by Crippen LogP contribution is 2.47. The zero-order chi connectivity index (χ0) is 14.7. The molecule has 0 bridgehead atoms. The molecule has 1 aromatic rings. The average molecular weight is 278 g/mol. The van der Waals surface area contributed by atoms with Gasteiger partial charge in [-0.2, -0.15) is 0 Å². The van der Waals surface area contributed by atoms with E-state index in [1.807, 2.05) is 13.0 Å². The van der Waals surface area contributed by atoms with Crippen LogP contribution in [0.2, 0.25) is 0 Å². The smallest absolute Gasteiger partial charge is 0.236 e. The number of hydrogen-bond donors (Lipinski definition) is 2. The summed E-state index contributed by atoms with van der Waals surface area (Å²) < 4.78 is 5.81. The van der Waals surface area contributed by atoms with Crippen LogP contribution in [0.25, 0.3) is 0 Å². The zero-order valence-corrected chi connectivity index (χ0v) is 12.9. The Kier molecular flexibility index (Phi) is 4.86. The fraction of sp³-hybridized carbons (Fsp3) is 0.688. The topological polar surface area (TPSA) is 54.3 Å². The van der Waals surface area contributed by atoms with Gasteiger partial charge in [-0.25, -0.2) is 0 Å². The molecule has 0 aromatic carbocycles. The molecule has 1 fully saturated rings. The van der Waals surface area contributed by atoms with Crippen molar-refractivity contribution in [2.24, 2.45) is 11.8 Å². The Morgan fingerprint density at radius 1 is 1.40 bits per heavy atom. The van der Waals surface area contributed by atoms with E-state index in [0.717, 1.165) is 24.0 Å². The van der Waals surface area contributed by atoms with Crippen molar-refractivity contribution in [3.63, 3.8) is 0 Å². The molecule has 1 aliphatic rings. The van der Waals surface area contributed by atoms with E-state index in [0.29, 0.717) is 18.4 Å². The van der Waals surface area contributed by atoms with Gasteiger partial charge >= 0.3 is 0 Å². The maximum atomic E-state index is 11.8. The monoisotopic (exact) mass is 278 g/mol. The number of amides is 1. The molecule has 0 saturated heterocycles. The summed E-state index contributed by atoms with van der Waals surface area (Å²) in [6.07, 6.45) is 1.23. The second-order valence-corrected chi connectivity index (χ2v) is 6.37. The molecule has 112 valence electrons. The van der Waals surface area contributed by atoms with E-state index in [4.69, 9.17) is 4.42 Å². The summed E-state index contributed by atoms with van der Waals surface area (Å²) in [5.74, 6) is 3.87. The molecule has 1 aliphatic carbocycles. The van der Waals surface area contributed by atoms with Crippen LogP contribution in [0.3, 0.4) is 0 Å². The highest BCUT2D eigenvalue weighted by Gasteiger charge is 2.36. The molecule has 4 nitrogen and oxygen atoms in total. The SMILES string of the molecule is CC(C)CNC(=O)C(C)NCc1ccc(C2CC2C)o1. The standard InChI is InChI=1S/C16H26N2O2/c1-10(2)8-18-16(19)12(4)17-9-13-5-6-15(20-13)14-7-11(14)3/h5-6,10-12,14,17H,7-9H2,1-4H3,(H,18,19). The van der Waals surface area contributed by atoms with Gasteiger partial charge in [-0.1, -0.05) is 20.8 Å². The highest BCUT2D eigenvalue weighted by atomic mass is 16.3. The van der Waals surface area contributed by atoms with Crippen LogP contribution < -0.4 is 10.6 Å². The lowest BCUT2D eigenvalue weighted by atomic mass is 10.2. The van der Waals surface area contributed by atoms with Gasteiger partial charge in [-0.15, -0.1) is 0 Å². The molecule has 1 heterocycles. The molecule has 3 atom stereocenters. The molecule has 0 spiro atoms. The van der Waals surface area contributed by atoms with E-state index in [2.05, 4.69) is 37.5 Å². The lowest BCUT2D eigenvalue weighted by Crippen LogP contribution is -2.42. The van der Waals surface area contributed by atoms with E-state index >= 15 is 0 Å². The van der Waals surface area contributed by atoms with Gasteiger partial charge < -0.3 is 9.73 Å². The summed E-state index contributed by atoms with van der Waals surface area (Å²) >= 11 is 0. The Labute approximate surface area is 121 Å². The van der Waals surface area contributed by atoms with Crippen LogP contribution in [0.5, 0.6) is 0 Å². The molecule has 0 aliphatic heterocycles. The van der Waals surface area contributed by atoms with Crippen molar-refractivity contribution < 1.29 is 9.21 Å². The van der Waals surface area contributed by atoms with Crippen LogP contribution in [-0.4, -0.2) is 18.5 Å². The van der Waals surface area contributed by atoms with Gasteiger partial charge in [0.1, 0.15) is 11.5 Å². The predicted octanol–water partition coefficient (Wildman–Crippen LogP) is 2.65. The van der Waals surface area contributed by atoms with Gasteiger partial charge in [0.05, 0.1) is 12.6 Å². The molecular formula is C16H26N2O2. The first-order valence-electron chi connectivity index (χ1n) is 7.57. The third-order valence-corrected chi connectivity index (χ3v) is 3.82. The number of rotatable bonds is 7. The van der Waals surface area contributed by atoms with E-state index in [1.165, 1.54) is 6.42 Å². The summed E-state index contributed by atoms with van der Waals surface area (Å²) in [5.41, 5.74) is 0. The van der Waals surface area contributed by atoms with E-state index in [1.54, 1.807) is 0 Å². The fourth-order valence-electron chi connectivity index (χ4n) is 2.21. The van der Waals surface area contributed by atoms with Crippen molar-refractivity contribution in [1.29, 1.82) is 0 Å². The predicted molar refractivity (Wildman–Crippen MR) is 79.4 cm³/mol. The summed E-state index contributed by atoms with van der Waals surface area (Å²) in [7, 11) is 0. The lowest BCUT2D eigenvalue weighted by Gasteiger charge is -2.14. The van der Waals surface area contributed by atoms with Crippen LogP contribution in [0.1, 0.15) is 51.6 Å². The van der Waals surface area contributed by atoms with Gasteiger partial charge in [0, 0.05) is 12.5 Å². The number of carbonyl (C=O) groups is 1. The molecule has 0 radical (unpaired) electrons. The molecule has 20 heavy (non-hydrogen) atoms. The quantitative estimate of drug-likeness (QED) is 0.806. The Morgan fingerprint density at radius 2 is 2.10 bits per heavy atom. The van der Waals surface area contributed by atoms with Crippen LogP contribution in [0.4, 0.5) is 0 Å². The molecule has 2 rings (SSSR count).